The molecule has 28 heavy (non-hydrogen) atoms. The van der Waals surface area contributed by atoms with Crippen LogP contribution >= 0.6 is 15.9 Å². The summed E-state index contributed by atoms with van der Waals surface area (Å²) < 4.78 is 6.61. The number of amides is 2. The van der Waals surface area contributed by atoms with Gasteiger partial charge in [0, 0.05) is 24.0 Å². The monoisotopic (exact) mass is 444 g/mol. The van der Waals surface area contributed by atoms with Crippen LogP contribution in [0.4, 0.5) is 5.69 Å². The quantitative estimate of drug-likeness (QED) is 0.619. The highest BCUT2D eigenvalue weighted by Gasteiger charge is 2.21. The SMILES string of the molecule is O=C(CCCOc1cccc(Br)c1)Nc1ccccc1C(=O)N1CCCCC1. The fraction of sp³-hybridized carbons (Fsp3) is 0.364. The van der Waals surface area contributed by atoms with E-state index in [0.29, 0.717) is 30.7 Å². The first-order valence-corrected chi connectivity index (χ1v) is 10.5. The fourth-order valence-electron chi connectivity index (χ4n) is 3.24. The third-order valence-corrected chi connectivity index (χ3v) is 5.18. The number of piperidine rings is 1. The van der Waals surface area contributed by atoms with Crippen LogP contribution in [-0.2, 0) is 4.79 Å². The van der Waals surface area contributed by atoms with Gasteiger partial charge in [-0.1, -0.05) is 34.1 Å². The van der Waals surface area contributed by atoms with Gasteiger partial charge >= 0.3 is 0 Å². The normalized spacial score (nSPS) is 13.8. The van der Waals surface area contributed by atoms with Gasteiger partial charge in [0.25, 0.3) is 5.91 Å². The molecule has 1 heterocycles. The molecule has 0 radical (unpaired) electrons. The number of halogens is 1. The lowest BCUT2D eigenvalue weighted by Gasteiger charge is -2.27. The Morgan fingerprint density at radius 3 is 2.61 bits per heavy atom. The van der Waals surface area contributed by atoms with E-state index in [4.69, 9.17) is 4.74 Å². The third kappa shape index (κ3) is 5.83. The van der Waals surface area contributed by atoms with Crippen LogP contribution in [0.2, 0.25) is 0 Å². The Hall–Kier alpha value is -2.34. The molecule has 0 aliphatic carbocycles. The van der Waals surface area contributed by atoms with Gasteiger partial charge in [0.15, 0.2) is 0 Å². The summed E-state index contributed by atoms with van der Waals surface area (Å²) in [5, 5.41) is 2.89. The van der Waals surface area contributed by atoms with Crippen molar-refractivity contribution >= 4 is 33.4 Å². The van der Waals surface area contributed by atoms with E-state index in [1.165, 1.54) is 6.42 Å². The first-order chi connectivity index (χ1) is 13.6. The van der Waals surface area contributed by atoms with Crippen molar-refractivity contribution < 1.29 is 14.3 Å². The maximum atomic E-state index is 12.8. The van der Waals surface area contributed by atoms with Crippen LogP contribution in [-0.4, -0.2) is 36.4 Å². The van der Waals surface area contributed by atoms with Crippen molar-refractivity contribution in [2.75, 3.05) is 25.0 Å². The maximum absolute atomic E-state index is 12.8. The molecule has 1 saturated heterocycles. The van der Waals surface area contributed by atoms with Gasteiger partial charge in [-0.3, -0.25) is 9.59 Å². The van der Waals surface area contributed by atoms with Gasteiger partial charge < -0.3 is 15.0 Å². The number of carbonyl (C=O) groups is 2. The molecule has 1 aliphatic rings. The van der Waals surface area contributed by atoms with Crippen LogP contribution in [0, 0.1) is 0 Å². The molecular formula is C22H25BrN2O3. The molecule has 3 rings (SSSR count). The zero-order chi connectivity index (χ0) is 19.8. The Morgan fingerprint density at radius 2 is 1.82 bits per heavy atom. The molecule has 0 atom stereocenters. The van der Waals surface area contributed by atoms with Gasteiger partial charge in [-0.25, -0.2) is 0 Å². The Morgan fingerprint density at radius 1 is 1.04 bits per heavy atom. The minimum absolute atomic E-state index is 0.00594. The number of ether oxygens (including phenoxy) is 1. The van der Waals surface area contributed by atoms with Crippen molar-refractivity contribution in [1.82, 2.24) is 4.90 Å². The van der Waals surface area contributed by atoms with Crippen molar-refractivity contribution in [3.8, 4) is 5.75 Å². The van der Waals surface area contributed by atoms with Gasteiger partial charge in [-0.05, 0) is 56.0 Å². The summed E-state index contributed by atoms with van der Waals surface area (Å²) in [6, 6.07) is 14.8. The predicted octanol–water partition coefficient (Wildman–Crippen LogP) is 4.87. The largest absolute Gasteiger partial charge is 0.494 e. The highest BCUT2D eigenvalue weighted by Crippen LogP contribution is 2.21. The molecule has 6 heteroatoms. The molecule has 148 valence electrons. The average molecular weight is 445 g/mol. The molecule has 1 aliphatic heterocycles. The summed E-state index contributed by atoms with van der Waals surface area (Å²) >= 11 is 3.40. The van der Waals surface area contributed by atoms with Crippen molar-refractivity contribution in [1.29, 1.82) is 0 Å². The van der Waals surface area contributed by atoms with Crippen LogP contribution in [0.1, 0.15) is 42.5 Å². The number of anilines is 1. The topological polar surface area (TPSA) is 58.6 Å². The van der Waals surface area contributed by atoms with E-state index >= 15 is 0 Å². The molecule has 0 aromatic heterocycles. The van der Waals surface area contributed by atoms with Crippen molar-refractivity contribution in [2.24, 2.45) is 0 Å². The van der Waals surface area contributed by atoms with E-state index in [0.717, 1.165) is 36.2 Å². The van der Waals surface area contributed by atoms with Gasteiger partial charge in [0.1, 0.15) is 5.75 Å². The van der Waals surface area contributed by atoms with Crippen LogP contribution < -0.4 is 10.1 Å². The van der Waals surface area contributed by atoms with Crippen LogP contribution in [0.25, 0.3) is 0 Å². The van der Waals surface area contributed by atoms with Crippen molar-refractivity contribution in [2.45, 2.75) is 32.1 Å². The van der Waals surface area contributed by atoms with Gasteiger partial charge in [-0.2, -0.15) is 0 Å². The fourth-order valence-corrected chi connectivity index (χ4v) is 3.62. The second-order valence-electron chi connectivity index (χ2n) is 6.86. The summed E-state index contributed by atoms with van der Waals surface area (Å²) in [6.07, 6.45) is 4.18. The number of benzene rings is 2. The lowest BCUT2D eigenvalue weighted by atomic mass is 10.1. The third-order valence-electron chi connectivity index (χ3n) is 4.69. The summed E-state index contributed by atoms with van der Waals surface area (Å²) in [4.78, 5) is 27.0. The van der Waals surface area contributed by atoms with Crippen LogP contribution in [0.3, 0.4) is 0 Å². The Bertz CT molecular complexity index is 819. The van der Waals surface area contributed by atoms with E-state index in [2.05, 4.69) is 21.2 Å². The van der Waals surface area contributed by atoms with E-state index < -0.39 is 0 Å². The molecule has 1 fully saturated rings. The second-order valence-corrected chi connectivity index (χ2v) is 7.77. The lowest BCUT2D eigenvalue weighted by molar-refractivity contribution is -0.116. The van der Waals surface area contributed by atoms with E-state index in [9.17, 15) is 9.59 Å². The summed E-state index contributed by atoms with van der Waals surface area (Å²) in [7, 11) is 0. The molecule has 0 saturated carbocycles. The smallest absolute Gasteiger partial charge is 0.255 e. The van der Waals surface area contributed by atoms with Gasteiger partial charge in [-0.15, -0.1) is 0 Å². The molecular weight excluding hydrogens is 420 g/mol. The Labute approximate surface area is 174 Å². The summed E-state index contributed by atoms with van der Waals surface area (Å²) in [5.74, 6) is 0.651. The zero-order valence-electron chi connectivity index (χ0n) is 15.8. The first-order valence-electron chi connectivity index (χ1n) is 9.70. The number of rotatable bonds is 7. The number of carbonyl (C=O) groups excluding carboxylic acids is 2. The number of likely N-dealkylation sites (tertiary alicyclic amines) is 1. The van der Waals surface area contributed by atoms with Crippen molar-refractivity contribution in [3.63, 3.8) is 0 Å². The molecule has 0 unspecified atom stereocenters. The number of nitrogens with zero attached hydrogens (tertiary/aromatic N) is 1. The average Bonchev–Trinajstić information content (AvgIpc) is 2.72. The number of hydrogen-bond donors (Lipinski definition) is 1. The first kappa shape index (κ1) is 20.4. The van der Waals surface area contributed by atoms with Crippen LogP contribution in [0.15, 0.2) is 53.0 Å². The molecule has 0 spiro atoms. The van der Waals surface area contributed by atoms with E-state index in [1.807, 2.05) is 41.3 Å². The number of nitrogens with one attached hydrogen (secondary N) is 1. The molecule has 1 N–H and O–H groups in total. The summed E-state index contributed by atoms with van der Waals surface area (Å²) in [6.45, 7) is 2.03. The molecule has 5 nitrogen and oxygen atoms in total. The Kier molecular flexibility index (Phi) is 7.48. The standard InChI is InChI=1S/C22H25BrN2O3/c23-17-8-6-9-18(16-17)28-15-7-12-21(26)24-20-11-3-2-10-19(20)22(27)25-13-4-1-5-14-25/h2-3,6,8-11,16H,1,4-5,7,12-15H2,(H,24,26). The lowest BCUT2D eigenvalue weighted by Crippen LogP contribution is -2.36. The van der Waals surface area contributed by atoms with Gasteiger partial charge in [0.2, 0.25) is 5.91 Å². The number of hydrogen-bond acceptors (Lipinski definition) is 3. The maximum Gasteiger partial charge on any atom is 0.255 e. The number of para-hydroxylation sites is 1. The van der Waals surface area contributed by atoms with E-state index in [-0.39, 0.29) is 11.8 Å². The minimum atomic E-state index is -0.114. The van der Waals surface area contributed by atoms with Gasteiger partial charge in [0.05, 0.1) is 17.9 Å². The second kappa shape index (κ2) is 10.3. The molecule has 2 amide bonds. The van der Waals surface area contributed by atoms with Crippen molar-refractivity contribution in [3.05, 3.63) is 58.6 Å². The molecule has 2 aromatic carbocycles. The summed E-state index contributed by atoms with van der Waals surface area (Å²) in [5.41, 5.74) is 1.14. The highest BCUT2D eigenvalue weighted by atomic mass is 79.9. The predicted molar refractivity (Wildman–Crippen MR) is 114 cm³/mol. The highest BCUT2D eigenvalue weighted by molar-refractivity contribution is 9.10. The molecule has 0 bridgehead atoms. The van der Waals surface area contributed by atoms with E-state index in [1.54, 1.807) is 12.1 Å². The van der Waals surface area contributed by atoms with Crippen LogP contribution in [0.5, 0.6) is 5.75 Å². The Balaban J connectivity index is 1.50. The minimum Gasteiger partial charge on any atom is -0.494 e. The zero-order valence-corrected chi connectivity index (χ0v) is 17.4. The molecule has 2 aromatic rings.